The zero-order valence-corrected chi connectivity index (χ0v) is 10.7. The Kier molecular flexibility index (Phi) is 6.11. The lowest BCUT2D eigenvalue weighted by Crippen LogP contribution is -2.53. The minimum Gasteiger partial charge on any atom is -0.480 e. The number of rotatable bonds is 6. The molecule has 0 aromatic carbocycles. The standard InChI is InChI=1S/C11H21NO7/c1-5(8(12)11(16)17)18-4-7-10(15)9(14)6(2-13)3-19-7/h5-10,13-15H,2-4,12H2,1H3,(H,16,17)/t5-,6+,7-,8+,9+,10+/m1/s1. The Morgan fingerprint density at radius 1 is 1.47 bits per heavy atom. The number of aliphatic carboxylic acids is 1. The first-order chi connectivity index (χ1) is 8.88. The van der Waals surface area contributed by atoms with Crippen molar-refractivity contribution in [1.29, 1.82) is 0 Å². The first-order valence-corrected chi connectivity index (χ1v) is 6.07. The van der Waals surface area contributed by atoms with Gasteiger partial charge in [0.2, 0.25) is 0 Å². The molecule has 1 fully saturated rings. The van der Waals surface area contributed by atoms with Crippen molar-refractivity contribution in [1.82, 2.24) is 0 Å². The Hall–Kier alpha value is -0.770. The number of hydrogen-bond acceptors (Lipinski definition) is 7. The lowest BCUT2D eigenvalue weighted by atomic mass is 9.93. The molecule has 0 unspecified atom stereocenters. The average Bonchev–Trinajstić information content (AvgIpc) is 2.39. The molecule has 19 heavy (non-hydrogen) atoms. The number of aliphatic hydroxyl groups is 3. The van der Waals surface area contributed by atoms with Crippen LogP contribution in [0.15, 0.2) is 0 Å². The quantitative estimate of drug-likeness (QED) is 0.360. The van der Waals surface area contributed by atoms with E-state index in [9.17, 15) is 15.0 Å². The van der Waals surface area contributed by atoms with Gasteiger partial charge in [-0.25, -0.2) is 0 Å². The van der Waals surface area contributed by atoms with E-state index in [1.165, 1.54) is 6.92 Å². The Morgan fingerprint density at radius 2 is 2.11 bits per heavy atom. The maximum atomic E-state index is 10.6. The Balaban J connectivity index is 2.44. The maximum Gasteiger partial charge on any atom is 0.323 e. The van der Waals surface area contributed by atoms with E-state index in [-0.39, 0.29) is 19.8 Å². The summed E-state index contributed by atoms with van der Waals surface area (Å²) in [4.78, 5) is 10.6. The summed E-state index contributed by atoms with van der Waals surface area (Å²) in [5.41, 5.74) is 5.37. The fraction of sp³-hybridized carbons (Fsp3) is 0.909. The summed E-state index contributed by atoms with van der Waals surface area (Å²) in [5, 5.41) is 37.1. The molecule has 0 saturated carbocycles. The zero-order chi connectivity index (χ0) is 14.6. The molecular formula is C11H21NO7. The maximum absolute atomic E-state index is 10.6. The molecule has 0 aliphatic carbocycles. The molecule has 1 aliphatic heterocycles. The second-order valence-electron chi connectivity index (χ2n) is 4.70. The molecule has 112 valence electrons. The van der Waals surface area contributed by atoms with Gasteiger partial charge < -0.3 is 35.6 Å². The largest absolute Gasteiger partial charge is 0.480 e. The van der Waals surface area contributed by atoms with Crippen molar-refractivity contribution < 1.29 is 34.7 Å². The topological polar surface area (TPSA) is 142 Å². The van der Waals surface area contributed by atoms with Crippen molar-refractivity contribution in [2.45, 2.75) is 37.4 Å². The van der Waals surface area contributed by atoms with E-state index in [0.717, 1.165) is 0 Å². The van der Waals surface area contributed by atoms with E-state index in [1.807, 2.05) is 0 Å². The van der Waals surface area contributed by atoms with Gasteiger partial charge in [-0.15, -0.1) is 0 Å². The van der Waals surface area contributed by atoms with Crippen LogP contribution >= 0.6 is 0 Å². The van der Waals surface area contributed by atoms with E-state index in [1.54, 1.807) is 0 Å². The Labute approximate surface area is 110 Å². The predicted octanol–water partition coefficient (Wildman–Crippen LogP) is -2.47. The summed E-state index contributed by atoms with van der Waals surface area (Å²) >= 11 is 0. The predicted molar refractivity (Wildman–Crippen MR) is 63.4 cm³/mol. The fourth-order valence-electron chi connectivity index (χ4n) is 1.80. The van der Waals surface area contributed by atoms with E-state index in [4.69, 9.17) is 25.4 Å². The average molecular weight is 279 g/mol. The number of carbonyl (C=O) groups is 1. The van der Waals surface area contributed by atoms with Crippen molar-refractivity contribution in [3.05, 3.63) is 0 Å². The van der Waals surface area contributed by atoms with Crippen molar-refractivity contribution in [2.24, 2.45) is 11.7 Å². The molecule has 1 heterocycles. The minimum atomic E-state index is -1.20. The Morgan fingerprint density at radius 3 is 2.63 bits per heavy atom. The molecule has 1 aliphatic rings. The lowest BCUT2D eigenvalue weighted by Gasteiger charge is -2.37. The number of carboxylic acid groups (broad SMARTS) is 1. The summed E-state index contributed by atoms with van der Waals surface area (Å²) < 4.78 is 10.5. The molecule has 6 atom stereocenters. The van der Waals surface area contributed by atoms with Crippen LogP contribution in [0.4, 0.5) is 0 Å². The highest BCUT2D eigenvalue weighted by Crippen LogP contribution is 2.20. The molecule has 8 heteroatoms. The Bertz CT molecular complexity index is 301. The molecule has 0 amide bonds. The minimum absolute atomic E-state index is 0.0848. The number of ether oxygens (including phenoxy) is 2. The summed E-state index contributed by atoms with van der Waals surface area (Å²) in [6.45, 7) is 1.23. The first-order valence-electron chi connectivity index (χ1n) is 6.07. The third-order valence-corrected chi connectivity index (χ3v) is 3.29. The van der Waals surface area contributed by atoms with E-state index < -0.39 is 42.3 Å². The van der Waals surface area contributed by atoms with Gasteiger partial charge in [0.1, 0.15) is 18.2 Å². The normalized spacial score (nSPS) is 34.8. The van der Waals surface area contributed by atoms with Crippen LogP contribution in [0.3, 0.4) is 0 Å². The van der Waals surface area contributed by atoms with E-state index >= 15 is 0 Å². The van der Waals surface area contributed by atoms with Crippen LogP contribution in [-0.4, -0.2) is 76.7 Å². The van der Waals surface area contributed by atoms with Gasteiger partial charge in [-0.1, -0.05) is 0 Å². The molecule has 0 aromatic heterocycles. The second kappa shape index (κ2) is 7.13. The highest BCUT2D eigenvalue weighted by atomic mass is 16.6. The van der Waals surface area contributed by atoms with Crippen LogP contribution in [0.5, 0.6) is 0 Å². The SMILES string of the molecule is C[C@@H](OC[C@H]1OC[C@H](CO)[C@H](O)[C@H]1O)[C@H](N)C(=O)O. The van der Waals surface area contributed by atoms with Gasteiger partial charge in [0, 0.05) is 5.92 Å². The summed E-state index contributed by atoms with van der Waals surface area (Å²) in [6.07, 6.45) is -3.82. The summed E-state index contributed by atoms with van der Waals surface area (Å²) in [5.74, 6) is -1.72. The third kappa shape index (κ3) is 4.10. The first kappa shape index (κ1) is 16.3. The van der Waals surface area contributed by atoms with Gasteiger partial charge in [-0.05, 0) is 6.92 Å². The fourth-order valence-corrected chi connectivity index (χ4v) is 1.80. The third-order valence-electron chi connectivity index (χ3n) is 3.29. The van der Waals surface area contributed by atoms with Gasteiger partial charge in [0.25, 0.3) is 0 Å². The number of aliphatic hydroxyl groups excluding tert-OH is 3. The van der Waals surface area contributed by atoms with Crippen LogP contribution in [0.1, 0.15) is 6.92 Å². The van der Waals surface area contributed by atoms with E-state index in [2.05, 4.69) is 0 Å². The van der Waals surface area contributed by atoms with Gasteiger partial charge in [-0.3, -0.25) is 4.79 Å². The monoisotopic (exact) mass is 279 g/mol. The van der Waals surface area contributed by atoms with Crippen LogP contribution in [0, 0.1) is 5.92 Å². The van der Waals surface area contributed by atoms with Gasteiger partial charge >= 0.3 is 5.97 Å². The molecule has 1 saturated heterocycles. The molecule has 0 radical (unpaired) electrons. The number of carboxylic acids is 1. The van der Waals surface area contributed by atoms with Crippen LogP contribution in [0.25, 0.3) is 0 Å². The zero-order valence-electron chi connectivity index (χ0n) is 10.7. The highest BCUT2D eigenvalue weighted by Gasteiger charge is 2.38. The van der Waals surface area contributed by atoms with Gasteiger partial charge in [-0.2, -0.15) is 0 Å². The molecule has 0 aromatic rings. The molecule has 8 nitrogen and oxygen atoms in total. The van der Waals surface area contributed by atoms with Crippen LogP contribution < -0.4 is 5.73 Å². The number of nitrogens with two attached hydrogens (primary N) is 1. The molecule has 0 spiro atoms. The molecular weight excluding hydrogens is 258 g/mol. The van der Waals surface area contributed by atoms with Gasteiger partial charge in [0.05, 0.1) is 32.0 Å². The summed E-state index contributed by atoms with van der Waals surface area (Å²) in [6, 6.07) is -1.17. The van der Waals surface area contributed by atoms with Crippen LogP contribution in [0.2, 0.25) is 0 Å². The molecule has 6 N–H and O–H groups in total. The van der Waals surface area contributed by atoms with Crippen molar-refractivity contribution in [3.63, 3.8) is 0 Å². The highest BCUT2D eigenvalue weighted by molar-refractivity contribution is 5.73. The summed E-state index contributed by atoms with van der Waals surface area (Å²) in [7, 11) is 0. The second-order valence-corrected chi connectivity index (χ2v) is 4.70. The van der Waals surface area contributed by atoms with Crippen LogP contribution in [-0.2, 0) is 14.3 Å². The van der Waals surface area contributed by atoms with E-state index in [0.29, 0.717) is 0 Å². The molecule has 1 rings (SSSR count). The van der Waals surface area contributed by atoms with Crippen molar-refractivity contribution in [3.8, 4) is 0 Å². The molecule has 0 bridgehead atoms. The lowest BCUT2D eigenvalue weighted by molar-refractivity contribution is -0.191. The number of hydrogen-bond donors (Lipinski definition) is 5. The van der Waals surface area contributed by atoms with Crippen molar-refractivity contribution in [2.75, 3.05) is 19.8 Å². The van der Waals surface area contributed by atoms with Crippen molar-refractivity contribution >= 4 is 5.97 Å². The smallest absolute Gasteiger partial charge is 0.323 e. The van der Waals surface area contributed by atoms with Gasteiger partial charge in [0.15, 0.2) is 0 Å².